The maximum Gasteiger partial charge on any atom is 0.411 e. The molecule has 1 rings (SSSR count). The summed E-state index contributed by atoms with van der Waals surface area (Å²) in [5, 5.41) is 20.8. The Morgan fingerprint density at radius 2 is 2.29 bits per heavy atom. The van der Waals surface area contributed by atoms with E-state index in [1.807, 2.05) is 6.07 Å². The lowest BCUT2D eigenvalue weighted by molar-refractivity contribution is 0.167. The SMILES string of the molecule is CCOC(=O)Nc1ccccc1C(O)CC#N. The number of aliphatic hydroxyl groups is 1. The predicted molar refractivity (Wildman–Crippen MR) is 62.3 cm³/mol. The van der Waals surface area contributed by atoms with Crippen LogP contribution in [-0.2, 0) is 4.74 Å². The normalized spacial score (nSPS) is 11.4. The van der Waals surface area contributed by atoms with Gasteiger partial charge in [0.2, 0.25) is 0 Å². The average Bonchev–Trinajstić information content (AvgIpc) is 2.30. The van der Waals surface area contributed by atoms with Gasteiger partial charge in [-0.15, -0.1) is 0 Å². The molecule has 0 aliphatic rings. The monoisotopic (exact) mass is 234 g/mol. The van der Waals surface area contributed by atoms with Gasteiger partial charge in [0.15, 0.2) is 0 Å². The van der Waals surface area contributed by atoms with Crippen LogP contribution in [0.5, 0.6) is 0 Å². The zero-order valence-electron chi connectivity index (χ0n) is 9.51. The second-order valence-electron chi connectivity index (χ2n) is 3.31. The van der Waals surface area contributed by atoms with E-state index in [1.54, 1.807) is 31.2 Å². The predicted octanol–water partition coefficient (Wildman–Crippen LogP) is 2.20. The second-order valence-corrected chi connectivity index (χ2v) is 3.31. The van der Waals surface area contributed by atoms with Crippen molar-refractivity contribution >= 4 is 11.8 Å². The summed E-state index contributed by atoms with van der Waals surface area (Å²) in [4.78, 5) is 11.3. The molecule has 90 valence electrons. The molecule has 17 heavy (non-hydrogen) atoms. The highest BCUT2D eigenvalue weighted by Crippen LogP contribution is 2.24. The Morgan fingerprint density at radius 3 is 2.94 bits per heavy atom. The highest BCUT2D eigenvalue weighted by Gasteiger charge is 2.13. The number of rotatable bonds is 4. The minimum Gasteiger partial charge on any atom is -0.450 e. The Hall–Kier alpha value is -2.06. The molecule has 0 bridgehead atoms. The van der Waals surface area contributed by atoms with Crippen LogP contribution in [-0.4, -0.2) is 17.8 Å². The first-order valence-corrected chi connectivity index (χ1v) is 5.26. The van der Waals surface area contributed by atoms with Crippen molar-refractivity contribution in [3.63, 3.8) is 0 Å². The van der Waals surface area contributed by atoms with Gasteiger partial charge in [0.25, 0.3) is 0 Å². The van der Waals surface area contributed by atoms with Crippen LogP contribution in [0.25, 0.3) is 0 Å². The van der Waals surface area contributed by atoms with Gasteiger partial charge in [0.05, 0.1) is 25.2 Å². The summed E-state index contributed by atoms with van der Waals surface area (Å²) in [5.41, 5.74) is 0.954. The number of hydrogen-bond donors (Lipinski definition) is 2. The lowest BCUT2D eigenvalue weighted by atomic mass is 10.1. The van der Waals surface area contributed by atoms with E-state index in [4.69, 9.17) is 10.00 Å². The fraction of sp³-hybridized carbons (Fsp3) is 0.333. The number of carbonyl (C=O) groups excluding carboxylic acids is 1. The van der Waals surface area contributed by atoms with Gasteiger partial charge in [0, 0.05) is 11.3 Å². The van der Waals surface area contributed by atoms with Crippen molar-refractivity contribution in [3.05, 3.63) is 29.8 Å². The lowest BCUT2D eigenvalue weighted by Crippen LogP contribution is -2.15. The molecule has 5 heteroatoms. The molecule has 1 aromatic rings. The van der Waals surface area contributed by atoms with Crippen LogP contribution in [0.1, 0.15) is 25.0 Å². The zero-order valence-corrected chi connectivity index (χ0v) is 9.51. The average molecular weight is 234 g/mol. The Labute approximate surface area is 99.6 Å². The molecule has 0 saturated carbocycles. The van der Waals surface area contributed by atoms with Gasteiger partial charge in [-0.2, -0.15) is 5.26 Å². The number of para-hydroxylation sites is 1. The Kier molecular flexibility index (Phi) is 4.98. The summed E-state index contributed by atoms with van der Waals surface area (Å²) < 4.78 is 4.74. The summed E-state index contributed by atoms with van der Waals surface area (Å²) in [7, 11) is 0. The van der Waals surface area contributed by atoms with E-state index in [0.717, 1.165) is 0 Å². The fourth-order valence-electron chi connectivity index (χ4n) is 1.37. The van der Waals surface area contributed by atoms with E-state index in [0.29, 0.717) is 11.3 Å². The molecule has 2 N–H and O–H groups in total. The number of carbonyl (C=O) groups is 1. The Morgan fingerprint density at radius 1 is 1.59 bits per heavy atom. The smallest absolute Gasteiger partial charge is 0.411 e. The van der Waals surface area contributed by atoms with E-state index in [2.05, 4.69) is 5.32 Å². The van der Waals surface area contributed by atoms with Gasteiger partial charge in [-0.05, 0) is 13.0 Å². The molecule has 1 atom stereocenters. The van der Waals surface area contributed by atoms with Gasteiger partial charge < -0.3 is 9.84 Å². The topological polar surface area (TPSA) is 82.3 Å². The van der Waals surface area contributed by atoms with E-state index in [-0.39, 0.29) is 13.0 Å². The lowest BCUT2D eigenvalue weighted by Gasteiger charge is -2.13. The molecule has 0 aliphatic heterocycles. The Balaban J connectivity index is 2.85. The number of aliphatic hydroxyl groups excluding tert-OH is 1. The van der Waals surface area contributed by atoms with Crippen LogP contribution >= 0.6 is 0 Å². The van der Waals surface area contributed by atoms with Crippen molar-refractivity contribution in [2.75, 3.05) is 11.9 Å². The van der Waals surface area contributed by atoms with E-state index < -0.39 is 12.2 Å². The molecule has 5 nitrogen and oxygen atoms in total. The van der Waals surface area contributed by atoms with E-state index in [9.17, 15) is 9.90 Å². The quantitative estimate of drug-likeness (QED) is 0.836. The highest BCUT2D eigenvalue weighted by molar-refractivity contribution is 5.85. The number of nitrogens with one attached hydrogen (secondary N) is 1. The first-order chi connectivity index (χ1) is 8.19. The third-order valence-corrected chi connectivity index (χ3v) is 2.12. The van der Waals surface area contributed by atoms with E-state index >= 15 is 0 Å². The van der Waals surface area contributed by atoms with Crippen LogP contribution in [0.2, 0.25) is 0 Å². The molecular formula is C12H14N2O3. The summed E-state index contributed by atoms with van der Waals surface area (Å²) >= 11 is 0. The highest BCUT2D eigenvalue weighted by atomic mass is 16.5. The standard InChI is InChI=1S/C12H14N2O3/c1-2-17-12(16)14-10-6-4-3-5-9(10)11(15)7-8-13/h3-6,11,15H,2,7H2,1H3,(H,14,16). The fourth-order valence-corrected chi connectivity index (χ4v) is 1.37. The molecule has 0 heterocycles. The van der Waals surface area contributed by atoms with Gasteiger partial charge in [-0.3, -0.25) is 5.32 Å². The van der Waals surface area contributed by atoms with Gasteiger partial charge in [-0.25, -0.2) is 4.79 Å². The largest absolute Gasteiger partial charge is 0.450 e. The molecule has 0 saturated heterocycles. The number of benzene rings is 1. The van der Waals surface area contributed by atoms with Crippen LogP contribution in [0.15, 0.2) is 24.3 Å². The number of nitrogens with zero attached hydrogens (tertiary/aromatic N) is 1. The molecular weight excluding hydrogens is 220 g/mol. The second kappa shape index (κ2) is 6.51. The zero-order chi connectivity index (χ0) is 12.7. The molecule has 0 spiro atoms. The third kappa shape index (κ3) is 3.78. The van der Waals surface area contributed by atoms with Crippen LogP contribution in [0.3, 0.4) is 0 Å². The molecule has 1 unspecified atom stereocenters. The number of anilines is 1. The minimum absolute atomic E-state index is 0.0263. The van der Waals surface area contributed by atoms with Crippen molar-refractivity contribution in [1.82, 2.24) is 0 Å². The van der Waals surface area contributed by atoms with Crippen molar-refractivity contribution < 1.29 is 14.6 Å². The van der Waals surface area contributed by atoms with Crippen LogP contribution < -0.4 is 5.32 Å². The molecule has 1 amide bonds. The number of hydrogen-bond acceptors (Lipinski definition) is 4. The van der Waals surface area contributed by atoms with Crippen LogP contribution in [0, 0.1) is 11.3 Å². The maximum atomic E-state index is 11.3. The number of ether oxygens (including phenoxy) is 1. The van der Waals surface area contributed by atoms with Crippen molar-refractivity contribution in [1.29, 1.82) is 5.26 Å². The first-order valence-electron chi connectivity index (χ1n) is 5.26. The van der Waals surface area contributed by atoms with Crippen LogP contribution in [0.4, 0.5) is 10.5 Å². The van der Waals surface area contributed by atoms with Crippen molar-refractivity contribution in [2.24, 2.45) is 0 Å². The van der Waals surface area contributed by atoms with Gasteiger partial charge in [0.1, 0.15) is 0 Å². The summed E-state index contributed by atoms with van der Waals surface area (Å²) in [6.45, 7) is 1.98. The number of nitriles is 1. The molecule has 0 fully saturated rings. The van der Waals surface area contributed by atoms with Gasteiger partial charge >= 0.3 is 6.09 Å². The molecule has 1 aromatic carbocycles. The minimum atomic E-state index is -0.918. The van der Waals surface area contributed by atoms with Crippen molar-refractivity contribution in [2.45, 2.75) is 19.4 Å². The third-order valence-electron chi connectivity index (χ3n) is 2.12. The van der Waals surface area contributed by atoms with Crippen molar-refractivity contribution in [3.8, 4) is 6.07 Å². The molecule has 0 aromatic heterocycles. The molecule has 0 radical (unpaired) electrons. The summed E-state index contributed by atoms with van der Waals surface area (Å²) in [5.74, 6) is 0. The number of amides is 1. The first kappa shape index (κ1) is 13.0. The summed E-state index contributed by atoms with van der Waals surface area (Å²) in [6.07, 6.45) is -1.52. The summed E-state index contributed by atoms with van der Waals surface area (Å²) in [6, 6.07) is 8.63. The molecule has 0 aliphatic carbocycles. The van der Waals surface area contributed by atoms with Gasteiger partial charge in [-0.1, -0.05) is 18.2 Å². The van der Waals surface area contributed by atoms with E-state index in [1.165, 1.54) is 0 Å². The Bertz CT molecular complexity index is 426. The maximum absolute atomic E-state index is 11.3.